The summed E-state index contributed by atoms with van der Waals surface area (Å²) < 4.78 is 73.5. The second-order valence-corrected chi connectivity index (χ2v) is 8.76. The topological polar surface area (TPSA) is 93.7 Å². The van der Waals surface area contributed by atoms with E-state index in [0.29, 0.717) is 5.56 Å². The Morgan fingerprint density at radius 2 is 1.77 bits per heavy atom. The zero-order valence-electron chi connectivity index (χ0n) is 16.7. The number of sulfonamides is 1. The SMILES string of the molecule is COc1ccc(C(=O)NC(C)c2ccc(OC(F)(F)F)cc2)cc1S(=O)(=O)NC1CC1. The first kappa shape index (κ1) is 22.9. The van der Waals surface area contributed by atoms with E-state index in [-0.39, 0.29) is 28.0 Å². The van der Waals surface area contributed by atoms with Gasteiger partial charge in [0, 0.05) is 11.6 Å². The van der Waals surface area contributed by atoms with E-state index >= 15 is 0 Å². The summed E-state index contributed by atoms with van der Waals surface area (Å²) in [6, 6.07) is 8.47. The predicted octanol–water partition coefficient (Wildman–Crippen LogP) is 3.53. The Labute approximate surface area is 177 Å². The van der Waals surface area contributed by atoms with Gasteiger partial charge in [0.2, 0.25) is 10.0 Å². The summed E-state index contributed by atoms with van der Waals surface area (Å²) in [6.07, 6.45) is -3.28. The average molecular weight is 458 g/mol. The Morgan fingerprint density at radius 3 is 2.32 bits per heavy atom. The van der Waals surface area contributed by atoms with Gasteiger partial charge in [0.1, 0.15) is 16.4 Å². The lowest BCUT2D eigenvalue weighted by atomic mass is 10.1. The van der Waals surface area contributed by atoms with Gasteiger partial charge in [0.25, 0.3) is 5.91 Å². The van der Waals surface area contributed by atoms with Crippen LogP contribution in [0.1, 0.15) is 41.7 Å². The Hall–Kier alpha value is -2.79. The molecule has 1 aliphatic rings. The molecule has 1 atom stereocenters. The summed E-state index contributed by atoms with van der Waals surface area (Å²) in [6.45, 7) is 1.65. The first-order valence-electron chi connectivity index (χ1n) is 9.35. The fourth-order valence-corrected chi connectivity index (χ4v) is 4.33. The van der Waals surface area contributed by atoms with Gasteiger partial charge in [-0.3, -0.25) is 4.79 Å². The molecular formula is C20H21F3N2O5S. The summed E-state index contributed by atoms with van der Waals surface area (Å²) in [5.74, 6) is -0.811. The molecule has 7 nitrogen and oxygen atoms in total. The molecule has 1 amide bonds. The van der Waals surface area contributed by atoms with Crippen LogP contribution >= 0.6 is 0 Å². The fraction of sp³-hybridized carbons (Fsp3) is 0.350. The van der Waals surface area contributed by atoms with Crippen LogP contribution < -0.4 is 19.5 Å². The largest absolute Gasteiger partial charge is 0.573 e. The van der Waals surface area contributed by atoms with Gasteiger partial charge in [-0.25, -0.2) is 13.1 Å². The number of methoxy groups -OCH3 is 1. The smallest absolute Gasteiger partial charge is 0.495 e. The molecule has 1 unspecified atom stereocenters. The second kappa shape index (κ2) is 8.75. The minimum absolute atomic E-state index is 0.0980. The van der Waals surface area contributed by atoms with Crippen LogP contribution in [0.5, 0.6) is 11.5 Å². The van der Waals surface area contributed by atoms with Crippen LogP contribution in [0, 0.1) is 0 Å². The van der Waals surface area contributed by atoms with E-state index in [1.807, 2.05) is 0 Å². The van der Waals surface area contributed by atoms with Crippen LogP contribution in [0.15, 0.2) is 47.4 Å². The van der Waals surface area contributed by atoms with Crippen molar-refractivity contribution in [3.63, 3.8) is 0 Å². The number of alkyl halides is 3. The third kappa shape index (κ3) is 6.11. The number of hydrogen-bond donors (Lipinski definition) is 2. The molecule has 31 heavy (non-hydrogen) atoms. The maximum Gasteiger partial charge on any atom is 0.573 e. The van der Waals surface area contributed by atoms with Gasteiger partial charge in [0.05, 0.1) is 13.2 Å². The van der Waals surface area contributed by atoms with Crippen LogP contribution in [0.25, 0.3) is 0 Å². The summed E-state index contributed by atoms with van der Waals surface area (Å²) in [5, 5.41) is 2.69. The first-order valence-corrected chi connectivity index (χ1v) is 10.8. The van der Waals surface area contributed by atoms with Gasteiger partial charge in [-0.1, -0.05) is 12.1 Å². The van der Waals surface area contributed by atoms with E-state index in [9.17, 15) is 26.4 Å². The van der Waals surface area contributed by atoms with E-state index in [1.165, 1.54) is 37.4 Å². The van der Waals surface area contributed by atoms with Crippen LogP contribution in [-0.2, 0) is 10.0 Å². The Morgan fingerprint density at radius 1 is 1.13 bits per heavy atom. The number of carbonyl (C=O) groups excluding carboxylic acids is 1. The van der Waals surface area contributed by atoms with E-state index in [4.69, 9.17) is 4.74 Å². The molecule has 0 bridgehead atoms. The zero-order valence-corrected chi connectivity index (χ0v) is 17.5. The van der Waals surface area contributed by atoms with Crippen molar-refractivity contribution in [2.75, 3.05) is 7.11 Å². The van der Waals surface area contributed by atoms with Gasteiger partial charge in [0.15, 0.2) is 0 Å². The number of halogens is 3. The van der Waals surface area contributed by atoms with E-state index in [0.717, 1.165) is 25.0 Å². The molecule has 0 aliphatic heterocycles. The Kier molecular flexibility index (Phi) is 6.46. The summed E-state index contributed by atoms with van der Waals surface area (Å²) >= 11 is 0. The normalized spacial score (nSPS) is 15.3. The number of carbonyl (C=O) groups is 1. The van der Waals surface area contributed by atoms with Gasteiger partial charge in [-0.05, 0) is 55.7 Å². The van der Waals surface area contributed by atoms with Crippen LogP contribution in [-0.4, -0.2) is 33.8 Å². The average Bonchev–Trinajstić information content (AvgIpc) is 3.50. The molecule has 0 saturated heterocycles. The number of nitrogens with one attached hydrogen (secondary N) is 2. The maximum absolute atomic E-state index is 12.7. The lowest BCUT2D eigenvalue weighted by molar-refractivity contribution is -0.274. The van der Waals surface area contributed by atoms with Gasteiger partial charge >= 0.3 is 6.36 Å². The van der Waals surface area contributed by atoms with Crippen LogP contribution in [0.3, 0.4) is 0 Å². The monoisotopic (exact) mass is 458 g/mol. The Bertz CT molecular complexity index is 1050. The molecule has 2 aromatic rings. The van der Waals surface area contributed by atoms with Crippen molar-refractivity contribution in [3.05, 3.63) is 53.6 Å². The molecule has 0 radical (unpaired) electrons. The first-order chi connectivity index (χ1) is 14.5. The number of hydrogen-bond acceptors (Lipinski definition) is 5. The number of amides is 1. The molecule has 2 aromatic carbocycles. The third-order valence-electron chi connectivity index (χ3n) is 4.58. The highest BCUT2D eigenvalue weighted by atomic mass is 32.2. The van der Waals surface area contributed by atoms with E-state index in [1.54, 1.807) is 6.92 Å². The molecular weight excluding hydrogens is 437 g/mol. The minimum atomic E-state index is -4.79. The van der Waals surface area contributed by atoms with Gasteiger partial charge in [-0.2, -0.15) is 0 Å². The minimum Gasteiger partial charge on any atom is -0.495 e. The summed E-state index contributed by atoms with van der Waals surface area (Å²) in [5.41, 5.74) is 0.639. The number of ether oxygens (including phenoxy) is 2. The maximum atomic E-state index is 12.7. The quantitative estimate of drug-likeness (QED) is 0.631. The third-order valence-corrected chi connectivity index (χ3v) is 6.12. The van der Waals surface area contributed by atoms with Crippen molar-refractivity contribution in [1.82, 2.24) is 10.0 Å². The van der Waals surface area contributed by atoms with Crippen molar-refractivity contribution >= 4 is 15.9 Å². The van der Waals surface area contributed by atoms with Gasteiger partial charge < -0.3 is 14.8 Å². The van der Waals surface area contributed by atoms with Crippen LogP contribution in [0.2, 0.25) is 0 Å². The number of rotatable bonds is 8. The summed E-state index contributed by atoms with van der Waals surface area (Å²) in [7, 11) is -2.52. The molecule has 11 heteroatoms. The zero-order chi connectivity index (χ0) is 22.8. The van der Waals surface area contributed by atoms with Crippen molar-refractivity contribution < 1.29 is 35.9 Å². The molecule has 168 valence electrons. The lowest BCUT2D eigenvalue weighted by Gasteiger charge is -2.16. The predicted molar refractivity (Wildman–Crippen MR) is 105 cm³/mol. The number of benzene rings is 2. The van der Waals surface area contributed by atoms with Crippen LogP contribution in [0.4, 0.5) is 13.2 Å². The highest BCUT2D eigenvalue weighted by molar-refractivity contribution is 7.89. The molecule has 0 aromatic heterocycles. The van der Waals surface area contributed by atoms with E-state index < -0.39 is 28.3 Å². The van der Waals surface area contributed by atoms with Crippen molar-refractivity contribution in [2.24, 2.45) is 0 Å². The fourth-order valence-electron chi connectivity index (χ4n) is 2.83. The van der Waals surface area contributed by atoms with Crippen molar-refractivity contribution in [3.8, 4) is 11.5 Å². The molecule has 0 spiro atoms. The van der Waals surface area contributed by atoms with Gasteiger partial charge in [-0.15, -0.1) is 13.2 Å². The standard InChI is InChI=1S/C20H21F3N2O5S/c1-12(13-3-8-16(9-4-13)30-20(21,22)23)24-19(26)14-5-10-17(29-2)18(11-14)31(27,28)25-15-6-7-15/h3-5,8-12,15,25H,6-7H2,1-2H3,(H,24,26). The second-order valence-electron chi connectivity index (χ2n) is 7.07. The highest BCUT2D eigenvalue weighted by Crippen LogP contribution is 2.29. The molecule has 1 saturated carbocycles. The highest BCUT2D eigenvalue weighted by Gasteiger charge is 2.31. The Balaban J connectivity index is 1.74. The van der Waals surface area contributed by atoms with Crippen molar-refractivity contribution in [2.45, 2.75) is 43.1 Å². The molecule has 1 aliphatic carbocycles. The summed E-state index contributed by atoms with van der Waals surface area (Å²) in [4.78, 5) is 12.5. The molecule has 3 rings (SSSR count). The molecule has 2 N–H and O–H groups in total. The van der Waals surface area contributed by atoms with Crippen molar-refractivity contribution in [1.29, 1.82) is 0 Å². The molecule has 1 fully saturated rings. The van der Waals surface area contributed by atoms with E-state index in [2.05, 4.69) is 14.8 Å². The lowest BCUT2D eigenvalue weighted by Crippen LogP contribution is -2.28. The molecule has 0 heterocycles.